The Hall–Kier alpha value is -1.55. The molecule has 0 unspecified atom stereocenters. The fourth-order valence-electron chi connectivity index (χ4n) is 0.683. The molecule has 0 heterocycles. The Morgan fingerprint density at radius 2 is 1.75 bits per heavy atom. The first-order valence-corrected chi connectivity index (χ1v) is 3.47. The minimum atomic E-state index is 0.529. The summed E-state index contributed by atoms with van der Waals surface area (Å²) in [5.41, 5.74) is 17.3. The fourth-order valence-corrected chi connectivity index (χ4v) is 0.683. The Morgan fingerprint density at radius 1 is 1.17 bits per heavy atom. The molecular formula is C8H14N4. The summed E-state index contributed by atoms with van der Waals surface area (Å²) in [5.74, 6) is 0. The first kappa shape index (κ1) is 10.4. The summed E-state index contributed by atoms with van der Waals surface area (Å²) in [7, 11) is 1.50. The number of hydrogen-bond donors (Lipinski definition) is 4. The summed E-state index contributed by atoms with van der Waals surface area (Å²) in [6.07, 6.45) is 1.23. The summed E-state index contributed by atoms with van der Waals surface area (Å²) in [6.45, 7) is 0. The van der Waals surface area contributed by atoms with Gasteiger partial charge in [-0.25, -0.2) is 0 Å². The second-order valence-corrected chi connectivity index (χ2v) is 2.03. The van der Waals surface area contributed by atoms with Crippen LogP contribution in [0.15, 0.2) is 18.2 Å². The van der Waals surface area contributed by atoms with Gasteiger partial charge >= 0.3 is 0 Å². The van der Waals surface area contributed by atoms with Crippen molar-refractivity contribution in [3.05, 3.63) is 23.8 Å². The number of anilines is 2. The molecule has 0 saturated heterocycles. The highest BCUT2D eigenvalue weighted by Gasteiger charge is 1.92. The van der Waals surface area contributed by atoms with Crippen molar-refractivity contribution in [2.75, 3.05) is 18.5 Å². The zero-order valence-electron chi connectivity index (χ0n) is 7.04. The van der Waals surface area contributed by atoms with Crippen LogP contribution in [0.25, 0.3) is 0 Å². The van der Waals surface area contributed by atoms with Crippen molar-refractivity contribution in [1.29, 1.82) is 5.41 Å². The van der Waals surface area contributed by atoms with Crippen LogP contribution in [0.2, 0.25) is 0 Å². The molecule has 0 atom stereocenters. The molecule has 7 N–H and O–H groups in total. The number of nitrogen functional groups attached to an aromatic ring is 2. The van der Waals surface area contributed by atoms with E-state index in [1.807, 2.05) is 0 Å². The molecule has 0 fully saturated rings. The minimum absolute atomic E-state index is 0.529. The molecule has 0 aliphatic heterocycles. The molecule has 1 rings (SSSR count). The van der Waals surface area contributed by atoms with Crippen molar-refractivity contribution < 1.29 is 0 Å². The van der Waals surface area contributed by atoms with Crippen LogP contribution in [0.5, 0.6) is 0 Å². The fraction of sp³-hybridized carbons (Fsp3) is 0.125. The average Bonchev–Trinajstić information content (AvgIpc) is 2.13. The number of benzene rings is 1. The summed E-state index contributed by atoms with van der Waals surface area (Å²) in [4.78, 5) is 0. The SMILES string of the molecule is CN.N=Cc1ccc(N)c(N)c1. The predicted molar refractivity (Wildman–Crippen MR) is 53.3 cm³/mol. The standard InChI is InChI=1S/C7H9N3.CH5N/c8-4-5-1-2-6(9)7(10)3-5;1-2/h1-4,8H,9-10H2;2H2,1H3. The largest absolute Gasteiger partial charge is 0.397 e. The van der Waals surface area contributed by atoms with Gasteiger partial charge in [0.05, 0.1) is 11.4 Å². The van der Waals surface area contributed by atoms with Crippen LogP contribution in [0.3, 0.4) is 0 Å². The van der Waals surface area contributed by atoms with Gasteiger partial charge in [-0.05, 0) is 24.7 Å². The van der Waals surface area contributed by atoms with E-state index in [2.05, 4.69) is 5.73 Å². The van der Waals surface area contributed by atoms with Gasteiger partial charge in [-0.1, -0.05) is 6.07 Å². The Kier molecular flexibility index (Phi) is 4.48. The maximum atomic E-state index is 6.89. The van der Waals surface area contributed by atoms with Crippen molar-refractivity contribution in [3.8, 4) is 0 Å². The summed E-state index contributed by atoms with van der Waals surface area (Å²) >= 11 is 0. The predicted octanol–water partition coefficient (Wildman–Crippen LogP) is 0.424. The molecule has 0 bridgehead atoms. The molecule has 1 aromatic carbocycles. The molecule has 1 aromatic rings. The smallest absolute Gasteiger partial charge is 0.0554 e. The van der Waals surface area contributed by atoms with Crippen molar-refractivity contribution in [1.82, 2.24) is 0 Å². The van der Waals surface area contributed by atoms with E-state index < -0.39 is 0 Å². The van der Waals surface area contributed by atoms with Gasteiger partial charge in [0.25, 0.3) is 0 Å². The molecule has 4 heteroatoms. The zero-order valence-corrected chi connectivity index (χ0v) is 7.04. The van der Waals surface area contributed by atoms with Gasteiger partial charge in [-0.15, -0.1) is 0 Å². The van der Waals surface area contributed by atoms with E-state index >= 15 is 0 Å². The average molecular weight is 166 g/mol. The molecule has 4 nitrogen and oxygen atoms in total. The van der Waals surface area contributed by atoms with E-state index in [1.165, 1.54) is 13.3 Å². The van der Waals surface area contributed by atoms with Crippen molar-refractivity contribution >= 4 is 17.6 Å². The van der Waals surface area contributed by atoms with Crippen molar-refractivity contribution in [2.24, 2.45) is 5.73 Å². The highest BCUT2D eigenvalue weighted by Crippen LogP contribution is 2.14. The van der Waals surface area contributed by atoms with E-state index in [9.17, 15) is 0 Å². The lowest BCUT2D eigenvalue weighted by Gasteiger charge is -1.98. The topological polar surface area (TPSA) is 102 Å². The Morgan fingerprint density at radius 3 is 2.17 bits per heavy atom. The van der Waals surface area contributed by atoms with Gasteiger partial charge in [-0.2, -0.15) is 0 Å². The molecular weight excluding hydrogens is 152 g/mol. The van der Waals surface area contributed by atoms with Crippen LogP contribution in [0, 0.1) is 5.41 Å². The minimum Gasteiger partial charge on any atom is -0.397 e. The van der Waals surface area contributed by atoms with E-state index in [1.54, 1.807) is 18.2 Å². The number of nitrogens with two attached hydrogens (primary N) is 3. The van der Waals surface area contributed by atoms with Gasteiger partial charge in [0.2, 0.25) is 0 Å². The van der Waals surface area contributed by atoms with Gasteiger partial charge in [0.15, 0.2) is 0 Å². The lowest BCUT2D eigenvalue weighted by atomic mass is 10.2. The normalized spacial score (nSPS) is 8.17. The molecule has 0 aliphatic carbocycles. The summed E-state index contributed by atoms with van der Waals surface area (Å²) in [5, 5.41) is 6.89. The number of hydrogen-bond acceptors (Lipinski definition) is 4. The lowest BCUT2D eigenvalue weighted by Crippen LogP contribution is -1.94. The quantitative estimate of drug-likeness (QED) is 0.359. The van der Waals surface area contributed by atoms with Crippen LogP contribution in [-0.2, 0) is 0 Å². The third kappa shape index (κ3) is 2.59. The molecule has 0 spiro atoms. The molecule has 12 heavy (non-hydrogen) atoms. The van der Waals surface area contributed by atoms with Crippen molar-refractivity contribution in [3.63, 3.8) is 0 Å². The maximum absolute atomic E-state index is 6.89. The first-order chi connectivity index (χ1) is 5.74. The highest BCUT2D eigenvalue weighted by atomic mass is 14.7. The summed E-state index contributed by atoms with van der Waals surface area (Å²) in [6, 6.07) is 5.11. The maximum Gasteiger partial charge on any atom is 0.0554 e. The Labute approximate surface area is 71.9 Å². The van der Waals surface area contributed by atoms with Crippen molar-refractivity contribution in [2.45, 2.75) is 0 Å². The third-order valence-corrected chi connectivity index (χ3v) is 1.28. The van der Waals surface area contributed by atoms with E-state index in [0.29, 0.717) is 11.4 Å². The third-order valence-electron chi connectivity index (χ3n) is 1.28. The number of nitrogens with one attached hydrogen (secondary N) is 1. The van der Waals surface area contributed by atoms with Crippen LogP contribution >= 0.6 is 0 Å². The van der Waals surface area contributed by atoms with E-state index in [4.69, 9.17) is 16.9 Å². The lowest BCUT2D eigenvalue weighted by molar-refractivity contribution is 1.48. The van der Waals surface area contributed by atoms with Crippen LogP contribution in [0.4, 0.5) is 11.4 Å². The van der Waals surface area contributed by atoms with Gasteiger partial charge in [0.1, 0.15) is 0 Å². The highest BCUT2D eigenvalue weighted by molar-refractivity contribution is 5.81. The van der Waals surface area contributed by atoms with Gasteiger partial charge < -0.3 is 22.6 Å². The molecule has 0 radical (unpaired) electrons. The Balaban J connectivity index is 0.000000561. The van der Waals surface area contributed by atoms with Crippen LogP contribution < -0.4 is 17.2 Å². The van der Waals surface area contributed by atoms with E-state index in [-0.39, 0.29) is 0 Å². The second-order valence-electron chi connectivity index (χ2n) is 2.03. The summed E-state index contributed by atoms with van der Waals surface area (Å²) < 4.78 is 0. The number of rotatable bonds is 1. The molecule has 0 saturated carbocycles. The van der Waals surface area contributed by atoms with Crippen LogP contribution in [-0.4, -0.2) is 13.3 Å². The molecule has 0 amide bonds. The molecule has 0 aliphatic rings. The second kappa shape index (κ2) is 5.15. The zero-order chi connectivity index (χ0) is 9.56. The van der Waals surface area contributed by atoms with Crippen LogP contribution in [0.1, 0.15) is 5.56 Å². The Bertz CT molecular complexity index is 257. The molecule has 66 valence electrons. The van der Waals surface area contributed by atoms with Gasteiger partial charge in [0, 0.05) is 6.21 Å². The first-order valence-electron chi connectivity index (χ1n) is 3.47. The van der Waals surface area contributed by atoms with E-state index in [0.717, 1.165) is 5.56 Å². The monoisotopic (exact) mass is 166 g/mol. The molecule has 0 aromatic heterocycles. The van der Waals surface area contributed by atoms with Gasteiger partial charge in [-0.3, -0.25) is 0 Å².